The molecule has 0 aliphatic carbocycles. The van der Waals surface area contributed by atoms with Gasteiger partial charge >= 0.3 is 0 Å². The van der Waals surface area contributed by atoms with Crippen LogP contribution in [0.2, 0.25) is 0 Å². The zero-order valence-corrected chi connectivity index (χ0v) is 11.1. The second-order valence-corrected chi connectivity index (χ2v) is 5.95. The highest BCUT2D eigenvalue weighted by Gasteiger charge is 2.33. The van der Waals surface area contributed by atoms with Crippen LogP contribution in [-0.2, 0) is 0 Å². The van der Waals surface area contributed by atoms with Crippen LogP contribution in [0, 0.1) is 11.8 Å². The summed E-state index contributed by atoms with van der Waals surface area (Å²) in [6, 6.07) is 6.42. The molecule has 0 radical (unpaired) electrons. The van der Waals surface area contributed by atoms with E-state index in [0.29, 0.717) is 0 Å². The third kappa shape index (κ3) is 2.10. The van der Waals surface area contributed by atoms with Crippen molar-refractivity contribution >= 4 is 16.6 Å². The predicted molar refractivity (Wildman–Crippen MR) is 77.2 cm³/mol. The summed E-state index contributed by atoms with van der Waals surface area (Å²) in [5, 5.41) is 11.8. The number of nitrogens with one attached hydrogen (secondary N) is 2. The fraction of sp³-hybridized carbons (Fsp3) is 0.533. The highest BCUT2D eigenvalue weighted by Crippen LogP contribution is 2.32. The van der Waals surface area contributed by atoms with Crippen LogP contribution in [0.3, 0.4) is 0 Å². The molecule has 4 heteroatoms. The molecule has 19 heavy (non-hydrogen) atoms. The molecule has 4 heterocycles. The Bertz CT molecular complexity index is 568. The molecule has 1 aromatic heterocycles. The number of piperidine rings is 3. The molecule has 3 fully saturated rings. The maximum Gasteiger partial charge on any atom is 0.0651 e. The van der Waals surface area contributed by atoms with E-state index in [1.54, 1.807) is 0 Å². The van der Waals surface area contributed by atoms with E-state index in [4.69, 9.17) is 0 Å². The van der Waals surface area contributed by atoms with Crippen LogP contribution in [0.15, 0.2) is 24.4 Å². The van der Waals surface area contributed by atoms with Crippen molar-refractivity contribution in [3.63, 3.8) is 0 Å². The molecule has 3 aliphatic rings. The number of benzene rings is 1. The molecule has 1 atom stereocenters. The quantitative estimate of drug-likeness (QED) is 0.885. The minimum Gasteiger partial charge on any atom is -0.385 e. The Kier molecular flexibility index (Phi) is 2.69. The first-order chi connectivity index (χ1) is 9.38. The first-order valence-corrected chi connectivity index (χ1v) is 7.28. The van der Waals surface area contributed by atoms with Gasteiger partial charge in [-0.15, -0.1) is 0 Å². The fourth-order valence-corrected chi connectivity index (χ4v) is 3.62. The monoisotopic (exact) mass is 256 g/mol. The molecular formula is C15H20N4. The lowest BCUT2D eigenvalue weighted by Crippen LogP contribution is -2.49. The van der Waals surface area contributed by atoms with Gasteiger partial charge in [-0.1, -0.05) is 0 Å². The molecule has 0 saturated carbocycles. The van der Waals surface area contributed by atoms with Gasteiger partial charge in [-0.2, -0.15) is 5.10 Å². The van der Waals surface area contributed by atoms with Crippen LogP contribution >= 0.6 is 0 Å². The molecule has 5 rings (SSSR count). The molecule has 0 amide bonds. The van der Waals surface area contributed by atoms with Crippen molar-refractivity contribution in [3.05, 3.63) is 24.4 Å². The smallest absolute Gasteiger partial charge is 0.0651 e. The number of hydrogen-bond acceptors (Lipinski definition) is 3. The van der Waals surface area contributed by atoms with E-state index in [9.17, 15) is 0 Å². The Morgan fingerprint density at radius 1 is 1.32 bits per heavy atom. The van der Waals surface area contributed by atoms with E-state index in [2.05, 4.69) is 38.6 Å². The van der Waals surface area contributed by atoms with Crippen LogP contribution in [0.25, 0.3) is 10.9 Å². The van der Waals surface area contributed by atoms with Crippen molar-refractivity contribution in [1.82, 2.24) is 15.1 Å². The molecule has 1 aromatic carbocycles. The summed E-state index contributed by atoms with van der Waals surface area (Å²) in [5.41, 5.74) is 2.32. The molecular weight excluding hydrogens is 236 g/mol. The second-order valence-electron chi connectivity index (χ2n) is 5.95. The second kappa shape index (κ2) is 4.53. The first-order valence-electron chi connectivity index (χ1n) is 7.28. The highest BCUT2D eigenvalue weighted by atomic mass is 15.2. The third-order valence-electron chi connectivity index (χ3n) is 4.80. The molecule has 0 spiro atoms. The molecule has 2 N–H and O–H groups in total. The van der Waals surface area contributed by atoms with Crippen molar-refractivity contribution in [2.45, 2.75) is 12.8 Å². The van der Waals surface area contributed by atoms with Gasteiger partial charge in [-0.25, -0.2) is 0 Å². The molecule has 4 nitrogen and oxygen atoms in total. The van der Waals surface area contributed by atoms with Crippen molar-refractivity contribution in [1.29, 1.82) is 0 Å². The van der Waals surface area contributed by atoms with E-state index in [1.165, 1.54) is 43.5 Å². The first kappa shape index (κ1) is 11.3. The number of fused-ring (bicyclic) bond motifs is 4. The van der Waals surface area contributed by atoms with E-state index in [0.717, 1.165) is 23.9 Å². The van der Waals surface area contributed by atoms with Crippen LogP contribution < -0.4 is 5.32 Å². The van der Waals surface area contributed by atoms with Crippen LogP contribution in [0.1, 0.15) is 12.8 Å². The lowest BCUT2D eigenvalue weighted by Gasteiger charge is -2.45. The summed E-state index contributed by atoms with van der Waals surface area (Å²) in [6.07, 6.45) is 4.68. The molecule has 0 unspecified atom stereocenters. The summed E-state index contributed by atoms with van der Waals surface area (Å²) < 4.78 is 0. The molecule has 2 aromatic rings. The zero-order chi connectivity index (χ0) is 12.7. The Morgan fingerprint density at radius 2 is 2.21 bits per heavy atom. The lowest BCUT2D eigenvalue weighted by molar-refractivity contribution is 0.0574. The minimum atomic E-state index is 0.822. The summed E-state index contributed by atoms with van der Waals surface area (Å²) >= 11 is 0. The summed E-state index contributed by atoms with van der Waals surface area (Å²) in [4.78, 5) is 2.62. The van der Waals surface area contributed by atoms with Crippen LogP contribution in [0.5, 0.6) is 0 Å². The standard InChI is InChI=1S/C15H20N4/c1-2-15-12(9-17-18-15)7-14(1)16-8-13-10-19-5-3-11(13)4-6-19/h1-2,7,9,11,13,16H,3-6,8,10H2,(H,17,18)/t13-/m0/s1. The number of hydrogen-bond donors (Lipinski definition) is 2. The largest absolute Gasteiger partial charge is 0.385 e. The van der Waals surface area contributed by atoms with E-state index >= 15 is 0 Å². The van der Waals surface area contributed by atoms with Crippen LogP contribution in [0.4, 0.5) is 5.69 Å². The maximum atomic E-state index is 4.06. The van der Waals surface area contributed by atoms with Gasteiger partial charge in [0, 0.05) is 24.2 Å². The molecule has 100 valence electrons. The Hall–Kier alpha value is -1.55. The van der Waals surface area contributed by atoms with Gasteiger partial charge in [0.05, 0.1) is 11.7 Å². The fourth-order valence-electron chi connectivity index (χ4n) is 3.62. The number of aromatic nitrogens is 2. The van der Waals surface area contributed by atoms with Gasteiger partial charge in [-0.05, 0) is 56.0 Å². The molecule has 2 bridgehead atoms. The Balaban J connectivity index is 1.44. The minimum absolute atomic E-state index is 0.822. The molecule has 3 saturated heterocycles. The number of nitrogens with zero attached hydrogens (tertiary/aromatic N) is 2. The van der Waals surface area contributed by atoms with Crippen molar-refractivity contribution in [2.75, 3.05) is 31.5 Å². The third-order valence-corrected chi connectivity index (χ3v) is 4.80. The number of H-pyrrole nitrogens is 1. The average Bonchev–Trinajstić information content (AvgIpc) is 2.94. The summed E-state index contributed by atoms with van der Waals surface area (Å²) in [5.74, 6) is 1.76. The summed E-state index contributed by atoms with van der Waals surface area (Å²) in [7, 11) is 0. The summed E-state index contributed by atoms with van der Waals surface area (Å²) in [6.45, 7) is 5.03. The van der Waals surface area contributed by atoms with E-state index < -0.39 is 0 Å². The van der Waals surface area contributed by atoms with Gasteiger partial charge in [0.15, 0.2) is 0 Å². The highest BCUT2D eigenvalue weighted by molar-refractivity contribution is 5.81. The van der Waals surface area contributed by atoms with Gasteiger partial charge in [0.1, 0.15) is 0 Å². The predicted octanol–water partition coefficient (Wildman–Crippen LogP) is 2.32. The van der Waals surface area contributed by atoms with E-state index in [1.807, 2.05) is 6.20 Å². The number of anilines is 1. The topological polar surface area (TPSA) is 44.0 Å². The molecule has 3 aliphatic heterocycles. The van der Waals surface area contributed by atoms with E-state index in [-0.39, 0.29) is 0 Å². The average molecular weight is 256 g/mol. The van der Waals surface area contributed by atoms with Gasteiger partial charge < -0.3 is 10.2 Å². The van der Waals surface area contributed by atoms with Crippen molar-refractivity contribution in [3.8, 4) is 0 Å². The van der Waals surface area contributed by atoms with Gasteiger partial charge in [-0.3, -0.25) is 5.10 Å². The zero-order valence-electron chi connectivity index (χ0n) is 11.1. The van der Waals surface area contributed by atoms with Crippen LogP contribution in [-0.4, -0.2) is 41.3 Å². The van der Waals surface area contributed by atoms with Crippen molar-refractivity contribution < 1.29 is 0 Å². The number of aromatic amines is 1. The SMILES string of the molecule is c1cc2[nH]ncc2cc1NC[C@H]1CN2CCC1CC2. The lowest BCUT2D eigenvalue weighted by atomic mass is 9.79. The van der Waals surface area contributed by atoms with Gasteiger partial charge in [0.2, 0.25) is 0 Å². The Labute approximate surface area is 113 Å². The normalized spacial score (nSPS) is 29.8. The van der Waals surface area contributed by atoms with Crippen molar-refractivity contribution in [2.24, 2.45) is 11.8 Å². The maximum absolute atomic E-state index is 4.06. The Morgan fingerprint density at radius 3 is 3.00 bits per heavy atom. The number of rotatable bonds is 3. The van der Waals surface area contributed by atoms with Gasteiger partial charge in [0.25, 0.3) is 0 Å².